The summed E-state index contributed by atoms with van der Waals surface area (Å²) < 4.78 is 49.9. The van der Waals surface area contributed by atoms with Crippen molar-refractivity contribution in [2.24, 2.45) is 0 Å². The van der Waals surface area contributed by atoms with Crippen LogP contribution in [0.4, 0.5) is 19.0 Å². The Morgan fingerprint density at radius 3 is 2.55 bits per heavy atom. The first-order chi connectivity index (χ1) is 15.6. The molecule has 178 valence electrons. The summed E-state index contributed by atoms with van der Waals surface area (Å²) in [4.78, 5) is 10.2. The molecule has 0 bridgehead atoms. The first-order valence-corrected chi connectivity index (χ1v) is 11.2. The maximum atomic E-state index is 15.3. The Hall–Kier alpha value is -2.59. The van der Waals surface area contributed by atoms with Gasteiger partial charge < -0.3 is 10.5 Å². The third-order valence-electron chi connectivity index (χ3n) is 6.14. The molecule has 1 saturated heterocycles. The van der Waals surface area contributed by atoms with E-state index in [1.807, 2.05) is 0 Å². The number of hydrogen-bond donors (Lipinski definition) is 1. The summed E-state index contributed by atoms with van der Waals surface area (Å²) in [5.41, 5.74) is 6.44. The maximum Gasteiger partial charge on any atom is 0.282 e. The van der Waals surface area contributed by atoms with Crippen molar-refractivity contribution in [2.75, 3.05) is 25.4 Å². The van der Waals surface area contributed by atoms with Crippen LogP contribution in [-0.2, 0) is 0 Å². The second kappa shape index (κ2) is 8.98. The summed E-state index contributed by atoms with van der Waals surface area (Å²) in [6.07, 6.45) is -1.68. The SMILES string of the molecule is CCOc1c([C@@H](C)n2nc(C(F)F)c3c(N)ncnc32)cc(Cl)c(F)c1C1CN(C(C)C)C1. The van der Waals surface area contributed by atoms with Crippen LogP contribution in [0.3, 0.4) is 0 Å². The number of nitrogens with two attached hydrogens (primary N) is 1. The van der Waals surface area contributed by atoms with Gasteiger partial charge in [-0.25, -0.2) is 27.8 Å². The first-order valence-electron chi connectivity index (χ1n) is 10.8. The van der Waals surface area contributed by atoms with Crippen molar-refractivity contribution in [2.45, 2.75) is 52.1 Å². The van der Waals surface area contributed by atoms with E-state index < -0.39 is 24.0 Å². The first kappa shape index (κ1) is 23.6. The maximum absolute atomic E-state index is 15.3. The fourth-order valence-electron chi connectivity index (χ4n) is 4.32. The van der Waals surface area contributed by atoms with Gasteiger partial charge in [-0.15, -0.1) is 0 Å². The van der Waals surface area contributed by atoms with Crippen LogP contribution in [-0.4, -0.2) is 50.4 Å². The third kappa shape index (κ3) is 3.99. The largest absolute Gasteiger partial charge is 0.493 e. The Balaban J connectivity index is 1.87. The van der Waals surface area contributed by atoms with Gasteiger partial charge in [-0.2, -0.15) is 5.10 Å². The summed E-state index contributed by atoms with van der Waals surface area (Å²) >= 11 is 6.31. The molecule has 0 saturated carbocycles. The van der Waals surface area contributed by atoms with Crippen molar-refractivity contribution in [1.29, 1.82) is 0 Å². The lowest BCUT2D eigenvalue weighted by Gasteiger charge is -2.43. The molecule has 11 heteroatoms. The fourth-order valence-corrected chi connectivity index (χ4v) is 4.54. The number of alkyl halides is 2. The minimum Gasteiger partial charge on any atom is -0.493 e. The van der Waals surface area contributed by atoms with E-state index in [0.717, 1.165) is 0 Å². The Morgan fingerprint density at radius 2 is 1.94 bits per heavy atom. The number of aromatic nitrogens is 4. The Labute approximate surface area is 194 Å². The second-order valence-electron chi connectivity index (χ2n) is 8.45. The number of hydrogen-bond acceptors (Lipinski definition) is 6. The topological polar surface area (TPSA) is 82.1 Å². The van der Waals surface area contributed by atoms with E-state index in [0.29, 0.717) is 42.6 Å². The molecule has 0 aliphatic carbocycles. The monoisotopic (exact) mass is 482 g/mol. The van der Waals surface area contributed by atoms with Crippen LogP contribution in [0.5, 0.6) is 5.75 Å². The summed E-state index contributed by atoms with van der Waals surface area (Å²) in [7, 11) is 0. The molecular weight excluding hydrogens is 457 g/mol. The van der Waals surface area contributed by atoms with E-state index in [4.69, 9.17) is 22.1 Å². The standard InChI is InChI=1S/C22H26ClF3N6O/c1-5-33-19-13(6-14(23)17(24)15(19)12-7-31(8-12)10(2)3)11(4)32-22-16(18(30-32)20(25)26)21(27)28-9-29-22/h6,9-12,20H,5,7-8H2,1-4H3,(H2,27,28,29)/t11-/m1/s1. The Bertz CT molecular complexity index is 1180. The van der Waals surface area contributed by atoms with E-state index in [-0.39, 0.29) is 27.8 Å². The number of nitrogens with zero attached hydrogens (tertiary/aromatic N) is 5. The van der Waals surface area contributed by atoms with Crippen molar-refractivity contribution < 1.29 is 17.9 Å². The minimum absolute atomic E-state index is 0.00249. The lowest BCUT2D eigenvalue weighted by atomic mass is 9.87. The third-order valence-corrected chi connectivity index (χ3v) is 6.42. The zero-order valence-electron chi connectivity index (χ0n) is 18.8. The van der Waals surface area contributed by atoms with Crippen molar-refractivity contribution in [3.63, 3.8) is 0 Å². The number of ether oxygens (including phenoxy) is 1. The number of likely N-dealkylation sites (tertiary alicyclic amines) is 1. The molecule has 3 heterocycles. The van der Waals surface area contributed by atoms with Gasteiger partial charge in [-0.1, -0.05) is 11.6 Å². The summed E-state index contributed by atoms with van der Waals surface area (Å²) in [5, 5.41) is 4.05. The van der Waals surface area contributed by atoms with Gasteiger partial charge in [-0.05, 0) is 33.8 Å². The predicted molar refractivity (Wildman–Crippen MR) is 121 cm³/mol. The van der Waals surface area contributed by atoms with Gasteiger partial charge in [0.25, 0.3) is 6.43 Å². The molecule has 0 radical (unpaired) electrons. The van der Waals surface area contributed by atoms with Crippen molar-refractivity contribution >= 4 is 28.5 Å². The molecule has 1 aromatic carbocycles. The molecule has 2 N–H and O–H groups in total. The average Bonchev–Trinajstić information content (AvgIpc) is 3.12. The van der Waals surface area contributed by atoms with Crippen LogP contribution in [0.25, 0.3) is 11.0 Å². The minimum atomic E-state index is -2.87. The van der Waals surface area contributed by atoms with Crippen LogP contribution in [0, 0.1) is 5.82 Å². The van der Waals surface area contributed by atoms with Crippen LogP contribution >= 0.6 is 11.6 Å². The predicted octanol–water partition coefficient (Wildman–Crippen LogP) is 4.95. The number of halogens is 4. The van der Waals surface area contributed by atoms with E-state index in [1.54, 1.807) is 13.8 Å². The lowest BCUT2D eigenvalue weighted by molar-refractivity contribution is 0.106. The normalized spacial score (nSPS) is 16.1. The average molecular weight is 483 g/mol. The van der Waals surface area contributed by atoms with Gasteiger partial charge in [0.2, 0.25) is 0 Å². The molecule has 1 atom stereocenters. The van der Waals surface area contributed by atoms with Gasteiger partial charge in [0.1, 0.15) is 29.4 Å². The summed E-state index contributed by atoms with van der Waals surface area (Å²) in [6, 6.07) is 1.16. The Kier molecular flexibility index (Phi) is 6.41. The molecule has 1 aliphatic rings. The molecule has 2 aromatic heterocycles. The zero-order valence-corrected chi connectivity index (χ0v) is 19.6. The van der Waals surface area contributed by atoms with E-state index in [2.05, 4.69) is 33.8 Å². The summed E-state index contributed by atoms with van der Waals surface area (Å²) in [6.45, 7) is 9.36. The van der Waals surface area contributed by atoms with Gasteiger partial charge in [-0.3, -0.25) is 4.90 Å². The van der Waals surface area contributed by atoms with E-state index >= 15 is 4.39 Å². The van der Waals surface area contributed by atoms with Crippen LogP contribution in [0.15, 0.2) is 12.4 Å². The van der Waals surface area contributed by atoms with Crippen LogP contribution in [0.2, 0.25) is 5.02 Å². The lowest BCUT2D eigenvalue weighted by Crippen LogP contribution is -2.49. The van der Waals surface area contributed by atoms with Crippen LogP contribution < -0.4 is 10.5 Å². The molecule has 1 aliphatic heterocycles. The fraction of sp³-hybridized carbons (Fsp3) is 0.500. The molecule has 7 nitrogen and oxygen atoms in total. The molecule has 1 fully saturated rings. The highest BCUT2D eigenvalue weighted by Crippen LogP contribution is 2.44. The highest BCUT2D eigenvalue weighted by molar-refractivity contribution is 6.31. The summed E-state index contributed by atoms with van der Waals surface area (Å²) in [5.74, 6) is -0.332. The molecule has 4 rings (SSSR count). The number of anilines is 1. The number of fused-ring (bicyclic) bond motifs is 1. The highest BCUT2D eigenvalue weighted by atomic mass is 35.5. The van der Waals surface area contributed by atoms with Gasteiger partial charge in [0.05, 0.1) is 23.1 Å². The van der Waals surface area contributed by atoms with Crippen molar-refractivity contribution in [1.82, 2.24) is 24.6 Å². The van der Waals surface area contributed by atoms with Gasteiger partial charge >= 0.3 is 0 Å². The van der Waals surface area contributed by atoms with Crippen molar-refractivity contribution in [3.8, 4) is 5.75 Å². The van der Waals surface area contributed by atoms with Gasteiger partial charge in [0, 0.05) is 36.2 Å². The molecule has 0 amide bonds. The number of benzene rings is 1. The molecule has 0 unspecified atom stereocenters. The number of rotatable bonds is 7. The molecule has 0 spiro atoms. The highest BCUT2D eigenvalue weighted by Gasteiger charge is 2.37. The second-order valence-corrected chi connectivity index (χ2v) is 8.85. The molecule has 33 heavy (non-hydrogen) atoms. The van der Waals surface area contributed by atoms with Crippen molar-refractivity contribution in [3.05, 3.63) is 40.1 Å². The van der Waals surface area contributed by atoms with Crippen LogP contribution in [0.1, 0.15) is 62.9 Å². The zero-order chi connectivity index (χ0) is 24.0. The molecular formula is C22H26ClF3N6O. The van der Waals surface area contributed by atoms with E-state index in [1.165, 1.54) is 17.1 Å². The van der Waals surface area contributed by atoms with Gasteiger partial charge in [0.15, 0.2) is 5.65 Å². The number of nitrogen functional groups attached to an aromatic ring is 1. The Morgan fingerprint density at radius 1 is 1.24 bits per heavy atom. The molecule has 3 aromatic rings. The smallest absolute Gasteiger partial charge is 0.282 e. The van der Waals surface area contributed by atoms with E-state index in [9.17, 15) is 8.78 Å². The quantitative estimate of drug-likeness (QED) is 0.513.